The maximum Gasteiger partial charge on any atom is 0.240 e. The van der Waals surface area contributed by atoms with Crippen molar-refractivity contribution in [3.63, 3.8) is 0 Å². The van der Waals surface area contributed by atoms with Crippen LogP contribution in [0.15, 0.2) is 47.4 Å². The Hall–Kier alpha value is -2.91. The van der Waals surface area contributed by atoms with E-state index in [0.717, 1.165) is 5.56 Å². The fourth-order valence-corrected chi connectivity index (χ4v) is 3.92. The molecule has 1 aliphatic heterocycles. The van der Waals surface area contributed by atoms with E-state index >= 15 is 0 Å². The molecule has 0 fully saturated rings. The fourth-order valence-electron chi connectivity index (χ4n) is 2.83. The van der Waals surface area contributed by atoms with Crippen LogP contribution in [0, 0.1) is 0 Å². The second-order valence-corrected chi connectivity index (χ2v) is 8.06. The standard InChI is InChI=1S/C19H21N3O5S/c1-27-15-4-2-3-14(12-15)21-19(24)9-10-20-28(25,26)16-6-7-17-13(11-16)5-8-18(23)22-17/h2-4,6-7,11-12,20H,5,8-10H2,1H3,(H,21,24)(H,22,23). The van der Waals surface area contributed by atoms with E-state index in [9.17, 15) is 18.0 Å². The molecule has 9 heteroatoms. The monoisotopic (exact) mass is 403 g/mol. The lowest BCUT2D eigenvalue weighted by molar-refractivity contribution is -0.117. The Bertz CT molecular complexity index is 1000. The van der Waals surface area contributed by atoms with Crippen molar-refractivity contribution >= 4 is 33.2 Å². The lowest BCUT2D eigenvalue weighted by Gasteiger charge is -2.17. The number of rotatable bonds is 7. The molecule has 0 saturated heterocycles. The van der Waals surface area contributed by atoms with Crippen molar-refractivity contribution in [3.8, 4) is 5.75 Å². The number of ether oxygens (including phenoxy) is 1. The summed E-state index contributed by atoms with van der Waals surface area (Å²) in [6, 6.07) is 11.5. The lowest BCUT2D eigenvalue weighted by Crippen LogP contribution is -2.28. The first-order valence-electron chi connectivity index (χ1n) is 8.74. The number of sulfonamides is 1. The summed E-state index contributed by atoms with van der Waals surface area (Å²) < 4.78 is 32.4. The Morgan fingerprint density at radius 2 is 2.00 bits per heavy atom. The molecule has 0 bridgehead atoms. The molecule has 0 aliphatic carbocycles. The maximum atomic E-state index is 12.5. The van der Waals surface area contributed by atoms with Gasteiger partial charge in [-0.25, -0.2) is 13.1 Å². The van der Waals surface area contributed by atoms with E-state index in [0.29, 0.717) is 30.0 Å². The summed E-state index contributed by atoms with van der Waals surface area (Å²) in [6.45, 7) is -0.0358. The second-order valence-electron chi connectivity index (χ2n) is 6.30. The number of fused-ring (bicyclic) bond motifs is 1. The van der Waals surface area contributed by atoms with E-state index in [4.69, 9.17) is 4.74 Å². The minimum Gasteiger partial charge on any atom is -0.497 e. The number of amides is 2. The predicted octanol–water partition coefficient (Wildman–Crippen LogP) is 1.89. The van der Waals surface area contributed by atoms with Crippen LogP contribution < -0.4 is 20.1 Å². The quantitative estimate of drug-likeness (QED) is 0.653. The van der Waals surface area contributed by atoms with Crippen molar-refractivity contribution in [3.05, 3.63) is 48.0 Å². The Morgan fingerprint density at radius 3 is 2.79 bits per heavy atom. The van der Waals surface area contributed by atoms with Gasteiger partial charge in [-0.2, -0.15) is 0 Å². The highest BCUT2D eigenvalue weighted by atomic mass is 32.2. The van der Waals surface area contributed by atoms with Crippen LogP contribution in [0.3, 0.4) is 0 Å². The van der Waals surface area contributed by atoms with Crippen LogP contribution >= 0.6 is 0 Å². The second kappa shape index (κ2) is 8.41. The first kappa shape index (κ1) is 19.8. The molecule has 0 radical (unpaired) electrons. The number of methoxy groups -OCH3 is 1. The third-order valence-corrected chi connectivity index (χ3v) is 5.74. The van der Waals surface area contributed by atoms with Crippen molar-refractivity contribution in [1.82, 2.24) is 4.72 Å². The molecule has 0 saturated carbocycles. The summed E-state index contributed by atoms with van der Waals surface area (Å²) in [5.74, 6) is 0.217. The van der Waals surface area contributed by atoms with Gasteiger partial charge in [0.1, 0.15) is 5.75 Å². The summed E-state index contributed by atoms with van der Waals surface area (Å²) >= 11 is 0. The Morgan fingerprint density at radius 1 is 1.18 bits per heavy atom. The molecule has 0 aromatic heterocycles. The third-order valence-electron chi connectivity index (χ3n) is 4.28. The van der Waals surface area contributed by atoms with Gasteiger partial charge in [-0.15, -0.1) is 0 Å². The van der Waals surface area contributed by atoms with Gasteiger partial charge in [0.2, 0.25) is 21.8 Å². The van der Waals surface area contributed by atoms with Crippen LogP contribution in [0.2, 0.25) is 0 Å². The van der Waals surface area contributed by atoms with E-state index in [-0.39, 0.29) is 29.7 Å². The molecule has 0 spiro atoms. The molecule has 148 valence electrons. The zero-order valence-corrected chi connectivity index (χ0v) is 16.1. The lowest BCUT2D eigenvalue weighted by atomic mass is 10.0. The van der Waals surface area contributed by atoms with Gasteiger partial charge in [0.05, 0.1) is 12.0 Å². The summed E-state index contributed by atoms with van der Waals surface area (Å²) in [5, 5.41) is 5.41. The molecule has 2 aromatic rings. The molecule has 8 nitrogen and oxygen atoms in total. The number of hydrogen-bond acceptors (Lipinski definition) is 5. The van der Waals surface area contributed by atoms with E-state index < -0.39 is 10.0 Å². The van der Waals surface area contributed by atoms with Gasteiger partial charge < -0.3 is 15.4 Å². The molecule has 0 atom stereocenters. The highest BCUT2D eigenvalue weighted by Crippen LogP contribution is 2.25. The third kappa shape index (κ3) is 4.87. The van der Waals surface area contributed by atoms with Crippen molar-refractivity contribution < 1.29 is 22.7 Å². The van der Waals surface area contributed by atoms with Crippen molar-refractivity contribution in [2.24, 2.45) is 0 Å². The summed E-state index contributed by atoms with van der Waals surface area (Å²) in [6.07, 6.45) is 0.805. The van der Waals surface area contributed by atoms with Gasteiger partial charge >= 0.3 is 0 Å². The van der Waals surface area contributed by atoms with Crippen LogP contribution in [0.4, 0.5) is 11.4 Å². The summed E-state index contributed by atoms with van der Waals surface area (Å²) in [4.78, 5) is 23.5. The van der Waals surface area contributed by atoms with E-state index in [1.807, 2.05) is 0 Å². The molecule has 3 rings (SSSR count). The Labute approximate surface area is 163 Å². The molecule has 2 aromatic carbocycles. The Kier molecular flexibility index (Phi) is 5.96. The summed E-state index contributed by atoms with van der Waals surface area (Å²) in [7, 11) is -2.22. The van der Waals surface area contributed by atoms with Crippen LogP contribution in [0.25, 0.3) is 0 Å². The normalized spacial score (nSPS) is 13.4. The van der Waals surface area contributed by atoms with Gasteiger partial charge in [0.15, 0.2) is 0 Å². The zero-order valence-electron chi connectivity index (χ0n) is 15.3. The van der Waals surface area contributed by atoms with Gasteiger partial charge in [0.25, 0.3) is 0 Å². The largest absolute Gasteiger partial charge is 0.497 e. The van der Waals surface area contributed by atoms with E-state index in [1.54, 1.807) is 36.4 Å². The van der Waals surface area contributed by atoms with Crippen LogP contribution in [-0.2, 0) is 26.0 Å². The summed E-state index contributed by atoms with van der Waals surface area (Å²) in [5.41, 5.74) is 1.98. The van der Waals surface area contributed by atoms with Gasteiger partial charge in [0, 0.05) is 36.8 Å². The molecular formula is C19H21N3O5S. The first-order chi connectivity index (χ1) is 13.4. The van der Waals surface area contributed by atoms with Crippen LogP contribution in [-0.4, -0.2) is 33.9 Å². The number of benzene rings is 2. The molecule has 0 unspecified atom stereocenters. The molecule has 1 heterocycles. The number of hydrogen-bond donors (Lipinski definition) is 3. The van der Waals surface area contributed by atoms with Crippen molar-refractivity contribution in [2.45, 2.75) is 24.2 Å². The fraction of sp³-hybridized carbons (Fsp3) is 0.263. The van der Waals surface area contributed by atoms with Crippen LogP contribution in [0.5, 0.6) is 5.75 Å². The molecule has 28 heavy (non-hydrogen) atoms. The topological polar surface area (TPSA) is 114 Å². The SMILES string of the molecule is COc1cccc(NC(=O)CCNS(=O)(=O)c2ccc3c(c2)CCC(=O)N3)c1. The van der Waals surface area contributed by atoms with Crippen LogP contribution in [0.1, 0.15) is 18.4 Å². The van der Waals surface area contributed by atoms with Crippen molar-refractivity contribution in [2.75, 3.05) is 24.3 Å². The highest BCUT2D eigenvalue weighted by molar-refractivity contribution is 7.89. The van der Waals surface area contributed by atoms with E-state index in [1.165, 1.54) is 13.2 Å². The number of aryl methyl sites for hydroxylation is 1. The van der Waals surface area contributed by atoms with Crippen molar-refractivity contribution in [1.29, 1.82) is 0 Å². The number of anilines is 2. The maximum absolute atomic E-state index is 12.5. The smallest absolute Gasteiger partial charge is 0.240 e. The number of carbonyl (C=O) groups is 2. The minimum atomic E-state index is -3.75. The molecule has 1 aliphatic rings. The van der Waals surface area contributed by atoms with Gasteiger partial charge in [-0.3, -0.25) is 9.59 Å². The highest BCUT2D eigenvalue weighted by Gasteiger charge is 2.20. The minimum absolute atomic E-state index is 0.0164. The van der Waals surface area contributed by atoms with Gasteiger partial charge in [-0.1, -0.05) is 6.07 Å². The van der Waals surface area contributed by atoms with E-state index in [2.05, 4.69) is 15.4 Å². The average molecular weight is 403 g/mol. The van der Waals surface area contributed by atoms with Gasteiger partial charge in [-0.05, 0) is 42.3 Å². The molecule has 2 amide bonds. The zero-order chi connectivity index (χ0) is 20.1. The predicted molar refractivity (Wildman–Crippen MR) is 105 cm³/mol. The molecule has 3 N–H and O–H groups in total. The number of nitrogens with one attached hydrogen (secondary N) is 3. The average Bonchev–Trinajstić information content (AvgIpc) is 2.67. The first-order valence-corrected chi connectivity index (χ1v) is 10.2. The number of carbonyl (C=O) groups excluding carboxylic acids is 2. The Balaban J connectivity index is 1.56. The molecular weight excluding hydrogens is 382 g/mol.